The normalized spacial score (nSPS) is 20.8. The van der Waals surface area contributed by atoms with Crippen LogP contribution in [0.15, 0.2) is 0 Å². The molecule has 98 valence electrons. The summed E-state index contributed by atoms with van der Waals surface area (Å²) in [7, 11) is 0. The Kier molecular flexibility index (Phi) is 6.34. The average Bonchev–Trinajstić information content (AvgIpc) is 2.53. The predicted molar refractivity (Wildman–Crippen MR) is 68.1 cm³/mol. The Hall–Kier alpha value is -0.770. The molecule has 3 amide bonds. The number of nitrogens with zero attached hydrogens (tertiary/aromatic N) is 1. The number of alkyl halides is 1. The Balaban J connectivity index is 2.54. The van der Waals surface area contributed by atoms with E-state index >= 15 is 0 Å². The molecule has 1 heterocycles. The van der Waals surface area contributed by atoms with Crippen LogP contribution in [0.1, 0.15) is 45.4 Å². The van der Waals surface area contributed by atoms with E-state index in [1.54, 1.807) is 4.90 Å². The number of hydrogen-bond donors (Lipinski definition) is 1. The first-order chi connectivity index (χ1) is 8.19. The zero-order chi connectivity index (χ0) is 12.7. The van der Waals surface area contributed by atoms with Gasteiger partial charge in [0.1, 0.15) is 0 Å². The Morgan fingerprint density at radius 3 is 2.76 bits per heavy atom. The van der Waals surface area contributed by atoms with E-state index in [-0.39, 0.29) is 30.3 Å². The van der Waals surface area contributed by atoms with Crippen LogP contribution < -0.4 is 5.32 Å². The van der Waals surface area contributed by atoms with Crippen molar-refractivity contribution in [3.05, 3.63) is 0 Å². The molecule has 0 aromatic rings. The molecule has 0 aliphatic carbocycles. The number of amides is 3. The third-order valence-corrected chi connectivity index (χ3v) is 3.37. The SMILES string of the molecule is CCC1CCCCCN1C(=O)NC(=O)CCCl. The lowest BCUT2D eigenvalue weighted by Crippen LogP contribution is -2.47. The highest BCUT2D eigenvalue weighted by Crippen LogP contribution is 2.19. The van der Waals surface area contributed by atoms with Crippen molar-refractivity contribution in [1.29, 1.82) is 0 Å². The number of imide groups is 1. The van der Waals surface area contributed by atoms with Crippen molar-refractivity contribution in [2.45, 2.75) is 51.5 Å². The number of urea groups is 1. The van der Waals surface area contributed by atoms with Crippen molar-refractivity contribution in [1.82, 2.24) is 10.2 Å². The molecule has 1 saturated heterocycles. The van der Waals surface area contributed by atoms with Gasteiger partial charge in [0.15, 0.2) is 0 Å². The zero-order valence-corrected chi connectivity index (χ0v) is 11.1. The van der Waals surface area contributed by atoms with Crippen LogP contribution in [-0.2, 0) is 4.79 Å². The van der Waals surface area contributed by atoms with Gasteiger partial charge < -0.3 is 4.90 Å². The summed E-state index contributed by atoms with van der Waals surface area (Å²) in [5.74, 6) is -0.0415. The number of carbonyl (C=O) groups is 2. The maximum absolute atomic E-state index is 12.0. The second-order valence-corrected chi connectivity index (χ2v) is 4.78. The van der Waals surface area contributed by atoms with Crippen molar-refractivity contribution >= 4 is 23.5 Å². The fourth-order valence-corrected chi connectivity index (χ4v) is 2.38. The second kappa shape index (κ2) is 7.54. The standard InChI is InChI=1S/C12H21ClN2O2/c1-2-10-6-4-3-5-9-15(10)12(17)14-11(16)7-8-13/h10H,2-9H2,1H3,(H,14,16,17). The molecule has 0 aromatic heterocycles. The molecule has 1 atom stereocenters. The number of hydrogen-bond acceptors (Lipinski definition) is 2. The highest BCUT2D eigenvalue weighted by molar-refractivity contribution is 6.19. The Bertz CT molecular complexity index is 271. The van der Waals surface area contributed by atoms with Gasteiger partial charge in [0.05, 0.1) is 0 Å². The van der Waals surface area contributed by atoms with E-state index in [0.717, 1.165) is 38.6 Å². The second-order valence-electron chi connectivity index (χ2n) is 4.40. The molecule has 0 saturated carbocycles. The molecule has 1 rings (SSSR count). The zero-order valence-electron chi connectivity index (χ0n) is 10.4. The monoisotopic (exact) mass is 260 g/mol. The molecule has 4 nitrogen and oxygen atoms in total. The summed E-state index contributed by atoms with van der Waals surface area (Å²) >= 11 is 5.46. The minimum atomic E-state index is -0.288. The van der Waals surface area contributed by atoms with Gasteiger partial charge in [-0.25, -0.2) is 4.79 Å². The van der Waals surface area contributed by atoms with Gasteiger partial charge in [0.25, 0.3) is 0 Å². The van der Waals surface area contributed by atoms with Crippen molar-refractivity contribution < 1.29 is 9.59 Å². The molecule has 0 bridgehead atoms. The third-order valence-electron chi connectivity index (χ3n) is 3.18. The van der Waals surface area contributed by atoms with Crippen LogP contribution in [0, 0.1) is 0 Å². The van der Waals surface area contributed by atoms with Crippen LogP contribution in [0.2, 0.25) is 0 Å². The maximum Gasteiger partial charge on any atom is 0.324 e. The maximum atomic E-state index is 12.0. The van der Waals surface area contributed by atoms with Crippen molar-refractivity contribution in [2.24, 2.45) is 0 Å². The minimum Gasteiger partial charge on any atom is -0.321 e. The number of halogens is 1. The summed E-state index contributed by atoms with van der Waals surface area (Å²) < 4.78 is 0. The summed E-state index contributed by atoms with van der Waals surface area (Å²) in [6, 6.07) is 0.00941. The summed E-state index contributed by atoms with van der Waals surface area (Å²) in [4.78, 5) is 25.1. The number of rotatable bonds is 3. The van der Waals surface area contributed by atoms with E-state index in [0.29, 0.717) is 0 Å². The Labute approximate surface area is 108 Å². The first-order valence-corrected chi connectivity index (χ1v) is 6.89. The summed E-state index contributed by atoms with van der Waals surface area (Å²) in [5, 5.41) is 2.41. The van der Waals surface area contributed by atoms with Crippen LogP contribution in [0.5, 0.6) is 0 Å². The van der Waals surface area contributed by atoms with Gasteiger partial charge in [-0.3, -0.25) is 10.1 Å². The van der Waals surface area contributed by atoms with Crippen molar-refractivity contribution in [2.75, 3.05) is 12.4 Å². The lowest BCUT2D eigenvalue weighted by atomic mass is 10.1. The molecular weight excluding hydrogens is 240 g/mol. The van der Waals surface area contributed by atoms with Gasteiger partial charge >= 0.3 is 6.03 Å². The van der Waals surface area contributed by atoms with E-state index in [1.807, 2.05) is 0 Å². The lowest BCUT2D eigenvalue weighted by Gasteiger charge is -2.29. The fourth-order valence-electron chi connectivity index (χ4n) is 2.21. The van der Waals surface area contributed by atoms with Gasteiger partial charge in [-0.05, 0) is 19.3 Å². The lowest BCUT2D eigenvalue weighted by molar-refractivity contribution is -0.119. The summed E-state index contributed by atoms with van der Waals surface area (Å²) in [6.07, 6.45) is 5.52. The van der Waals surface area contributed by atoms with Gasteiger partial charge in [-0.15, -0.1) is 11.6 Å². The Morgan fingerprint density at radius 1 is 1.35 bits per heavy atom. The van der Waals surface area contributed by atoms with Crippen LogP contribution in [0.3, 0.4) is 0 Å². The van der Waals surface area contributed by atoms with Crippen LogP contribution >= 0.6 is 11.6 Å². The first-order valence-electron chi connectivity index (χ1n) is 6.35. The van der Waals surface area contributed by atoms with Crippen molar-refractivity contribution in [3.63, 3.8) is 0 Å². The molecule has 1 fully saturated rings. The van der Waals surface area contributed by atoms with Crippen LogP contribution in [0.25, 0.3) is 0 Å². The third kappa shape index (κ3) is 4.54. The molecule has 5 heteroatoms. The van der Waals surface area contributed by atoms with Gasteiger partial charge in [0.2, 0.25) is 5.91 Å². The molecule has 1 N–H and O–H groups in total. The fraction of sp³-hybridized carbons (Fsp3) is 0.833. The molecule has 1 aliphatic heterocycles. The summed E-state index contributed by atoms with van der Waals surface area (Å²) in [5.41, 5.74) is 0. The Morgan fingerprint density at radius 2 is 2.12 bits per heavy atom. The van der Waals surface area contributed by atoms with E-state index in [2.05, 4.69) is 12.2 Å². The molecule has 0 aromatic carbocycles. The van der Waals surface area contributed by atoms with E-state index in [1.165, 1.54) is 0 Å². The van der Waals surface area contributed by atoms with E-state index in [9.17, 15) is 9.59 Å². The van der Waals surface area contributed by atoms with Crippen LogP contribution in [0.4, 0.5) is 4.79 Å². The molecule has 17 heavy (non-hydrogen) atoms. The summed E-state index contributed by atoms with van der Waals surface area (Å²) in [6.45, 7) is 2.83. The number of nitrogens with one attached hydrogen (secondary N) is 1. The van der Waals surface area contributed by atoms with Gasteiger partial charge in [0, 0.05) is 24.9 Å². The molecule has 0 spiro atoms. The van der Waals surface area contributed by atoms with E-state index < -0.39 is 0 Å². The number of likely N-dealkylation sites (tertiary alicyclic amines) is 1. The van der Waals surface area contributed by atoms with E-state index in [4.69, 9.17) is 11.6 Å². The molecular formula is C12H21ClN2O2. The molecule has 0 radical (unpaired) electrons. The highest BCUT2D eigenvalue weighted by atomic mass is 35.5. The largest absolute Gasteiger partial charge is 0.324 e. The van der Waals surface area contributed by atoms with Crippen molar-refractivity contribution in [3.8, 4) is 0 Å². The minimum absolute atomic E-state index is 0.192. The average molecular weight is 261 g/mol. The topological polar surface area (TPSA) is 49.4 Å². The smallest absolute Gasteiger partial charge is 0.321 e. The molecule has 1 unspecified atom stereocenters. The molecule has 1 aliphatic rings. The predicted octanol–water partition coefficient (Wildman–Crippen LogP) is 2.51. The first kappa shape index (κ1) is 14.3. The quantitative estimate of drug-likeness (QED) is 0.793. The highest BCUT2D eigenvalue weighted by Gasteiger charge is 2.24. The number of carbonyl (C=O) groups excluding carboxylic acids is 2. The van der Waals surface area contributed by atoms with Crippen LogP contribution in [-0.4, -0.2) is 35.3 Å². The van der Waals surface area contributed by atoms with Gasteiger partial charge in [-0.1, -0.05) is 19.8 Å². The van der Waals surface area contributed by atoms with Gasteiger partial charge in [-0.2, -0.15) is 0 Å².